The van der Waals surface area contributed by atoms with Crippen LogP contribution in [0.1, 0.15) is 31.9 Å². The smallest absolute Gasteiger partial charge is 0.277 e. The number of aromatic nitrogens is 2. The van der Waals surface area contributed by atoms with Gasteiger partial charge in [0.1, 0.15) is 0 Å². The molecule has 0 aliphatic rings. The summed E-state index contributed by atoms with van der Waals surface area (Å²) < 4.78 is 5.67. The van der Waals surface area contributed by atoms with Crippen LogP contribution in [0.3, 0.4) is 0 Å². The number of carbonyl (C=O) groups excluding carboxylic acids is 1. The summed E-state index contributed by atoms with van der Waals surface area (Å²) in [6.45, 7) is 8.52. The van der Waals surface area contributed by atoms with Crippen LogP contribution in [-0.4, -0.2) is 21.9 Å². The van der Waals surface area contributed by atoms with Gasteiger partial charge in [0.15, 0.2) is 0 Å². The number of benzene rings is 2. The number of amides is 1. The van der Waals surface area contributed by atoms with Crippen molar-refractivity contribution in [1.82, 2.24) is 10.2 Å². The highest BCUT2D eigenvalue weighted by Gasteiger charge is 2.15. The first-order chi connectivity index (χ1) is 12.8. The molecule has 0 spiro atoms. The van der Waals surface area contributed by atoms with Crippen molar-refractivity contribution in [3.63, 3.8) is 0 Å². The van der Waals surface area contributed by atoms with E-state index in [0.29, 0.717) is 11.1 Å². The van der Waals surface area contributed by atoms with Crippen molar-refractivity contribution in [2.45, 2.75) is 38.3 Å². The van der Waals surface area contributed by atoms with Gasteiger partial charge >= 0.3 is 0 Å². The van der Waals surface area contributed by atoms with Crippen LogP contribution in [0.15, 0.2) is 58.2 Å². The number of thioether (sulfide) groups is 1. The summed E-state index contributed by atoms with van der Waals surface area (Å²) in [6.07, 6.45) is 0. The highest BCUT2D eigenvalue weighted by Crippen LogP contribution is 2.27. The lowest BCUT2D eigenvalue weighted by Crippen LogP contribution is -2.13. The van der Waals surface area contributed by atoms with E-state index in [1.165, 1.54) is 17.3 Å². The lowest BCUT2D eigenvalue weighted by atomic mass is 9.87. The molecule has 27 heavy (non-hydrogen) atoms. The van der Waals surface area contributed by atoms with Gasteiger partial charge in [0.05, 0.1) is 5.75 Å². The monoisotopic (exact) mass is 381 g/mol. The zero-order valence-electron chi connectivity index (χ0n) is 15.9. The van der Waals surface area contributed by atoms with E-state index < -0.39 is 0 Å². The van der Waals surface area contributed by atoms with E-state index in [9.17, 15) is 4.79 Å². The first-order valence-electron chi connectivity index (χ1n) is 8.75. The third kappa shape index (κ3) is 5.20. The molecule has 1 heterocycles. The minimum atomic E-state index is -0.113. The van der Waals surface area contributed by atoms with Crippen molar-refractivity contribution in [3.05, 3.63) is 59.7 Å². The first kappa shape index (κ1) is 19.2. The fraction of sp³-hybridized carbons (Fsp3) is 0.286. The number of aryl methyl sites for hydroxylation is 1. The van der Waals surface area contributed by atoms with Crippen molar-refractivity contribution in [3.8, 4) is 11.5 Å². The van der Waals surface area contributed by atoms with Crippen molar-refractivity contribution in [1.29, 1.82) is 0 Å². The number of carbonyl (C=O) groups is 1. The highest BCUT2D eigenvalue weighted by molar-refractivity contribution is 7.99. The average Bonchev–Trinajstić information content (AvgIpc) is 3.10. The van der Waals surface area contributed by atoms with E-state index in [-0.39, 0.29) is 17.1 Å². The normalized spacial score (nSPS) is 11.4. The van der Waals surface area contributed by atoms with Crippen LogP contribution in [0.2, 0.25) is 0 Å². The number of hydrogen-bond donors (Lipinski definition) is 1. The summed E-state index contributed by atoms with van der Waals surface area (Å²) >= 11 is 1.22. The summed E-state index contributed by atoms with van der Waals surface area (Å²) in [4.78, 5) is 12.1. The number of rotatable bonds is 5. The number of anilines is 1. The quantitative estimate of drug-likeness (QED) is 0.625. The molecule has 5 nitrogen and oxygen atoms in total. The van der Waals surface area contributed by atoms with Crippen LogP contribution in [0.4, 0.5) is 5.69 Å². The standard InChI is InChI=1S/C21H23N3O2S/c1-14-5-11-17(12-6-14)22-18(25)13-27-20-24-23-19(26-20)15-7-9-16(10-8-15)21(2,3)4/h5-12H,13H2,1-4H3,(H,22,25). The maximum absolute atomic E-state index is 12.1. The van der Waals surface area contributed by atoms with Gasteiger partial charge in [0.2, 0.25) is 11.8 Å². The highest BCUT2D eigenvalue weighted by atomic mass is 32.2. The van der Waals surface area contributed by atoms with Crippen molar-refractivity contribution >= 4 is 23.4 Å². The van der Waals surface area contributed by atoms with E-state index in [2.05, 4.69) is 48.4 Å². The lowest BCUT2D eigenvalue weighted by molar-refractivity contribution is -0.113. The van der Waals surface area contributed by atoms with Crippen molar-refractivity contribution in [2.24, 2.45) is 0 Å². The van der Waals surface area contributed by atoms with Crippen LogP contribution in [0.25, 0.3) is 11.5 Å². The molecule has 1 N–H and O–H groups in total. The summed E-state index contributed by atoms with van der Waals surface area (Å²) in [7, 11) is 0. The van der Waals surface area contributed by atoms with Crippen LogP contribution >= 0.6 is 11.8 Å². The third-order valence-corrected chi connectivity index (χ3v) is 4.88. The van der Waals surface area contributed by atoms with E-state index in [0.717, 1.165) is 16.8 Å². The van der Waals surface area contributed by atoms with Crippen LogP contribution in [0, 0.1) is 6.92 Å². The molecule has 6 heteroatoms. The average molecular weight is 382 g/mol. The van der Waals surface area contributed by atoms with Gasteiger partial charge in [-0.15, -0.1) is 10.2 Å². The maximum atomic E-state index is 12.1. The topological polar surface area (TPSA) is 68.0 Å². The van der Waals surface area contributed by atoms with Gasteiger partial charge in [0, 0.05) is 11.3 Å². The van der Waals surface area contributed by atoms with Gasteiger partial charge in [-0.2, -0.15) is 0 Å². The second-order valence-electron chi connectivity index (χ2n) is 7.40. The Morgan fingerprint density at radius 1 is 1.04 bits per heavy atom. The zero-order valence-corrected chi connectivity index (χ0v) is 16.8. The van der Waals surface area contributed by atoms with Gasteiger partial charge in [0.25, 0.3) is 5.22 Å². The van der Waals surface area contributed by atoms with Crippen LogP contribution in [-0.2, 0) is 10.2 Å². The molecular weight excluding hydrogens is 358 g/mol. The Balaban J connectivity index is 1.57. The Hall–Kier alpha value is -2.60. The van der Waals surface area contributed by atoms with E-state index in [1.807, 2.05) is 43.3 Å². The Bertz CT molecular complexity index is 910. The minimum absolute atomic E-state index is 0.0964. The van der Waals surface area contributed by atoms with Gasteiger partial charge in [-0.25, -0.2) is 0 Å². The molecule has 0 aliphatic carbocycles. The fourth-order valence-electron chi connectivity index (χ4n) is 2.46. The molecule has 0 fully saturated rings. The molecule has 140 valence electrons. The Morgan fingerprint density at radius 3 is 2.33 bits per heavy atom. The largest absolute Gasteiger partial charge is 0.411 e. The molecule has 0 bridgehead atoms. The Morgan fingerprint density at radius 2 is 1.70 bits per heavy atom. The Kier molecular flexibility index (Phi) is 5.65. The van der Waals surface area contributed by atoms with Gasteiger partial charge in [-0.3, -0.25) is 4.79 Å². The first-order valence-corrected chi connectivity index (χ1v) is 9.73. The van der Waals surface area contributed by atoms with E-state index in [1.54, 1.807) is 0 Å². The lowest BCUT2D eigenvalue weighted by Gasteiger charge is -2.18. The second kappa shape index (κ2) is 7.96. The van der Waals surface area contributed by atoms with Gasteiger partial charge in [-0.1, -0.05) is 62.4 Å². The molecule has 1 amide bonds. The fourth-order valence-corrected chi connectivity index (χ4v) is 3.02. The van der Waals surface area contributed by atoms with Crippen molar-refractivity contribution < 1.29 is 9.21 Å². The number of nitrogens with zero attached hydrogens (tertiary/aromatic N) is 2. The van der Waals surface area contributed by atoms with Crippen LogP contribution < -0.4 is 5.32 Å². The van der Waals surface area contributed by atoms with E-state index >= 15 is 0 Å². The molecule has 0 atom stereocenters. The predicted molar refractivity (Wildman–Crippen MR) is 109 cm³/mol. The van der Waals surface area contributed by atoms with Crippen molar-refractivity contribution in [2.75, 3.05) is 11.1 Å². The summed E-state index contributed by atoms with van der Waals surface area (Å²) in [5, 5.41) is 11.3. The molecule has 2 aromatic carbocycles. The minimum Gasteiger partial charge on any atom is -0.411 e. The Labute approximate surface area is 163 Å². The maximum Gasteiger partial charge on any atom is 0.277 e. The van der Waals surface area contributed by atoms with Crippen LogP contribution in [0.5, 0.6) is 0 Å². The molecule has 0 aliphatic heterocycles. The number of nitrogens with one attached hydrogen (secondary N) is 1. The SMILES string of the molecule is Cc1ccc(NC(=O)CSc2nnc(-c3ccc(C(C)(C)C)cc3)o2)cc1. The molecule has 1 aromatic heterocycles. The third-order valence-electron chi connectivity index (χ3n) is 4.07. The van der Waals surface area contributed by atoms with Gasteiger partial charge < -0.3 is 9.73 Å². The molecular formula is C21H23N3O2S. The van der Waals surface area contributed by atoms with Gasteiger partial charge in [-0.05, 0) is 42.2 Å². The summed E-state index contributed by atoms with van der Waals surface area (Å²) in [6, 6.07) is 15.8. The molecule has 3 rings (SSSR count). The molecule has 0 saturated carbocycles. The van der Waals surface area contributed by atoms with E-state index in [4.69, 9.17) is 4.42 Å². The molecule has 0 saturated heterocycles. The second-order valence-corrected chi connectivity index (χ2v) is 8.33. The summed E-state index contributed by atoms with van der Waals surface area (Å²) in [5.41, 5.74) is 4.13. The molecule has 3 aromatic rings. The number of hydrogen-bond acceptors (Lipinski definition) is 5. The zero-order chi connectivity index (χ0) is 19.4. The summed E-state index contributed by atoms with van der Waals surface area (Å²) in [5.74, 6) is 0.549. The molecule has 0 radical (unpaired) electrons. The predicted octanol–water partition coefficient (Wildman–Crippen LogP) is 5.07. The molecule has 0 unspecified atom stereocenters.